The van der Waals surface area contributed by atoms with E-state index in [1.807, 2.05) is 31.3 Å². The molecule has 4 heterocycles. The summed E-state index contributed by atoms with van der Waals surface area (Å²) in [5, 5.41) is 7.41. The molecular weight excluding hydrogens is 530 g/mol. The van der Waals surface area contributed by atoms with Crippen LogP contribution in [0.4, 0.5) is 5.82 Å². The van der Waals surface area contributed by atoms with Crippen molar-refractivity contribution in [3.05, 3.63) is 112 Å². The summed E-state index contributed by atoms with van der Waals surface area (Å²) in [6.45, 7) is 1.74. The van der Waals surface area contributed by atoms with E-state index in [4.69, 9.17) is 10.7 Å². The van der Waals surface area contributed by atoms with Crippen molar-refractivity contribution in [2.45, 2.75) is 19.4 Å². The Labute approximate surface area is 240 Å². The third-order valence-electron chi connectivity index (χ3n) is 6.64. The fourth-order valence-electron chi connectivity index (χ4n) is 4.65. The molecule has 0 radical (unpaired) electrons. The highest BCUT2D eigenvalue weighted by molar-refractivity contribution is 5.97. The van der Waals surface area contributed by atoms with Gasteiger partial charge in [-0.1, -0.05) is 42.2 Å². The number of para-hydroxylation sites is 1. The number of carbonyl (C=O) groups excluding carboxylic acids is 1. The zero-order valence-electron chi connectivity index (χ0n) is 22.8. The van der Waals surface area contributed by atoms with Gasteiger partial charge in [-0.05, 0) is 31.2 Å². The second-order valence-corrected chi connectivity index (χ2v) is 9.62. The Morgan fingerprint density at radius 1 is 1.07 bits per heavy atom. The van der Waals surface area contributed by atoms with E-state index in [0.29, 0.717) is 45.8 Å². The molecule has 1 aliphatic rings. The van der Waals surface area contributed by atoms with Gasteiger partial charge in [0.1, 0.15) is 11.5 Å². The number of carbonyl (C=O) groups is 1. The highest BCUT2D eigenvalue weighted by atomic mass is 16.2. The van der Waals surface area contributed by atoms with Crippen molar-refractivity contribution in [1.82, 2.24) is 34.6 Å². The molecule has 1 amide bonds. The fraction of sp³-hybridized carbons (Fsp3) is 0.129. The summed E-state index contributed by atoms with van der Waals surface area (Å²) in [6, 6.07) is 13.7. The highest BCUT2D eigenvalue weighted by Crippen LogP contribution is 2.22. The molecule has 0 spiro atoms. The monoisotopic (exact) mass is 555 g/mol. The predicted octanol–water partition coefficient (Wildman–Crippen LogP) is 3.20. The first kappa shape index (κ1) is 26.3. The van der Waals surface area contributed by atoms with Crippen LogP contribution in [0.25, 0.3) is 22.3 Å². The summed E-state index contributed by atoms with van der Waals surface area (Å²) in [7, 11) is 1.81. The average Bonchev–Trinajstić information content (AvgIpc) is 3.68. The van der Waals surface area contributed by atoms with Gasteiger partial charge >= 0.3 is 0 Å². The summed E-state index contributed by atoms with van der Waals surface area (Å²) >= 11 is 0. The van der Waals surface area contributed by atoms with Crippen LogP contribution >= 0.6 is 0 Å². The second-order valence-electron chi connectivity index (χ2n) is 9.62. The highest BCUT2D eigenvalue weighted by Gasteiger charge is 2.23. The number of aromatic nitrogens is 6. The summed E-state index contributed by atoms with van der Waals surface area (Å²) in [5.41, 5.74) is 9.05. The third-order valence-corrected chi connectivity index (χ3v) is 6.64. The smallest absolute Gasteiger partial charge is 0.274 e. The van der Waals surface area contributed by atoms with E-state index in [1.54, 1.807) is 60.5 Å². The summed E-state index contributed by atoms with van der Waals surface area (Å²) in [6.07, 6.45) is 9.26. The lowest BCUT2D eigenvalue weighted by Crippen LogP contribution is -2.34. The molecule has 0 bridgehead atoms. The number of nitrogens with one attached hydrogen (secondary N) is 1. The van der Waals surface area contributed by atoms with Crippen LogP contribution in [0.1, 0.15) is 52.5 Å². The molecule has 3 aromatic heterocycles. The van der Waals surface area contributed by atoms with Crippen molar-refractivity contribution in [3.8, 4) is 17.5 Å². The lowest BCUT2D eigenvalue weighted by atomic mass is 10.1. The lowest BCUT2D eigenvalue weighted by Gasteiger charge is -2.20. The van der Waals surface area contributed by atoms with Gasteiger partial charge in [0.15, 0.2) is 11.5 Å². The van der Waals surface area contributed by atoms with Gasteiger partial charge in [-0.15, -0.1) is 0 Å². The van der Waals surface area contributed by atoms with E-state index in [-0.39, 0.29) is 17.1 Å². The first-order valence-corrected chi connectivity index (χ1v) is 13.2. The minimum Gasteiger partial charge on any atom is -0.382 e. The van der Waals surface area contributed by atoms with Crippen molar-refractivity contribution in [2.75, 3.05) is 5.73 Å². The Bertz CT molecular complexity index is 2030. The van der Waals surface area contributed by atoms with E-state index < -0.39 is 11.9 Å². The van der Waals surface area contributed by atoms with Crippen LogP contribution in [0.15, 0.2) is 83.0 Å². The normalized spacial score (nSPS) is 13.0. The van der Waals surface area contributed by atoms with Gasteiger partial charge in [-0.3, -0.25) is 23.8 Å². The molecule has 0 saturated carbocycles. The Hall–Kier alpha value is -5.89. The van der Waals surface area contributed by atoms with Gasteiger partial charge in [-0.25, -0.2) is 15.0 Å². The first-order chi connectivity index (χ1) is 20.4. The fourth-order valence-corrected chi connectivity index (χ4v) is 4.65. The topological polar surface area (TPSA) is 146 Å². The predicted molar refractivity (Wildman–Crippen MR) is 160 cm³/mol. The minimum absolute atomic E-state index is 0.0187. The van der Waals surface area contributed by atoms with Crippen molar-refractivity contribution >= 4 is 34.5 Å². The third kappa shape index (κ3) is 5.04. The Morgan fingerprint density at radius 3 is 2.64 bits per heavy atom. The number of nitrogen functional groups attached to an aromatic ring is 1. The molecule has 0 fully saturated rings. The van der Waals surface area contributed by atoms with Crippen LogP contribution in [0.3, 0.4) is 0 Å². The van der Waals surface area contributed by atoms with Crippen LogP contribution in [0.2, 0.25) is 0 Å². The second kappa shape index (κ2) is 10.9. The minimum atomic E-state index is -0.714. The van der Waals surface area contributed by atoms with Crippen LogP contribution < -0.4 is 16.6 Å². The van der Waals surface area contributed by atoms with Crippen molar-refractivity contribution in [2.24, 2.45) is 12.0 Å². The summed E-state index contributed by atoms with van der Waals surface area (Å²) in [4.78, 5) is 45.2. The number of anilines is 1. The SMILES string of the molecule is CC(NC(=O)c1nc(C2=CCC=N2)cnc1N)c1nc2cccc(C#Cc3cnn(C)c3)c2c(=O)n1-c1ccccc1. The van der Waals surface area contributed by atoms with Crippen molar-refractivity contribution in [3.63, 3.8) is 0 Å². The number of hydrogen-bond donors (Lipinski definition) is 2. The van der Waals surface area contributed by atoms with Crippen LogP contribution in [0, 0.1) is 11.8 Å². The van der Waals surface area contributed by atoms with Gasteiger partial charge < -0.3 is 11.1 Å². The number of benzene rings is 2. The van der Waals surface area contributed by atoms with Crippen molar-refractivity contribution in [1.29, 1.82) is 0 Å². The van der Waals surface area contributed by atoms with Crippen LogP contribution in [-0.2, 0) is 7.05 Å². The van der Waals surface area contributed by atoms with E-state index in [2.05, 4.69) is 37.2 Å². The summed E-state index contributed by atoms with van der Waals surface area (Å²) < 4.78 is 3.15. The van der Waals surface area contributed by atoms with E-state index >= 15 is 0 Å². The number of nitrogens with zero attached hydrogens (tertiary/aromatic N) is 7. The molecule has 1 unspecified atom stereocenters. The molecule has 11 nitrogen and oxygen atoms in total. The van der Waals surface area contributed by atoms with Crippen molar-refractivity contribution < 1.29 is 4.79 Å². The maximum Gasteiger partial charge on any atom is 0.274 e. The number of allylic oxidation sites excluding steroid dienone is 1. The number of nitrogens with two attached hydrogens (primary N) is 1. The van der Waals surface area contributed by atoms with Gasteiger partial charge in [0.05, 0.1) is 46.3 Å². The molecule has 1 atom stereocenters. The van der Waals surface area contributed by atoms with Gasteiger partial charge in [0.2, 0.25) is 0 Å². The van der Waals surface area contributed by atoms with E-state index in [0.717, 1.165) is 5.56 Å². The maximum atomic E-state index is 14.2. The zero-order chi connectivity index (χ0) is 29.2. The van der Waals surface area contributed by atoms with Crippen LogP contribution in [-0.4, -0.2) is 41.4 Å². The molecule has 3 N–H and O–H groups in total. The molecule has 6 rings (SSSR count). The molecular formula is C31H25N9O2. The summed E-state index contributed by atoms with van der Waals surface area (Å²) in [5.74, 6) is 5.93. The molecule has 42 heavy (non-hydrogen) atoms. The molecule has 206 valence electrons. The number of rotatable bonds is 5. The number of fused-ring (bicyclic) bond motifs is 1. The zero-order valence-corrected chi connectivity index (χ0v) is 22.8. The number of hydrogen-bond acceptors (Lipinski definition) is 8. The molecule has 5 aromatic rings. The first-order valence-electron chi connectivity index (χ1n) is 13.2. The Balaban J connectivity index is 1.43. The standard InChI is InChI=1S/C31H25N9O2/c1-19(36-30(41)27-28(32)34-17-25(37-27)23-12-7-15-33-23)29-38-24-11-6-8-21(14-13-20-16-35-39(2)18-20)26(24)31(42)40(29)22-9-4-3-5-10-22/h3-6,8-12,15-19H,7H2,1-2H3,(H2,32,34)(H,36,41). The van der Waals surface area contributed by atoms with Crippen LogP contribution in [0.5, 0.6) is 0 Å². The lowest BCUT2D eigenvalue weighted by molar-refractivity contribution is 0.0933. The van der Waals surface area contributed by atoms with E-state index in [9.17, 15) is 9.59 Å². The number of aliphatic imine (C=N–C) groups is 1. The molecule has 1 aliphatic heterocycles. The molecule has 11 heteroatoms. The Kier molecular flexibility index (Phi) is 6.86. The molecule has 0 saturated heterocycles. The maximum absolute atomic E-state index is 14.2. The molecule has 0 aliphatic carbocycles. The average molecular weight is 556 g/mol. The van der Waals surface area contributed by atoms with E-state index in [1.165, 1.54) is 10.8 Å². The quantitative estimate of drug-likeness (QED) is 0.317. The van der Waals surface area contributed by atoms with Gasteiger partial charge in [-0.2, -0.15) is 5.10 Å². The van der Waals surface area contributed by atoms with Gasteiger partial charge in [0.25, 0.3) is 11.5 Å². The number of amides is 1. The molecule has 2 aromatic carbocycles. The Morgan fingerprint density at radius 2 is 1.90 bits per heavy atom. The number of aryl methyl sites for hydroxylation is 1. The van der Waals surface area contributed by atoms with Gasteiger partial charge in [0, 0.05) is 31.4 Å². The largest absolute Gasteiger partial charge is 0.382 e.